The molecule has 0 atom stereocenters. The molecule has 3 aromatic rings. The number of H-pyrrole nitrogens is 1. The highest BCUT2D eigenvalue weighted by Crippen LogP contribution is 2.38. The molecule has 1 amide bonds. The molecule has 152 valence electrons. The zero-order chi connectivity index (χ0) is 21.1. The number of aryl methyl sites for hydroxylation is 2. The molecule has 0 spiro atoms. The van der Waals surface area contributed by atoms with E-state index in [0.717, 1.165) is 65.3 Å². The van der Waals surface area contributed by atoms with Gasteiger partial charge in [-0.1, -0.05) is 6.07 Å². The van der Waals surface area contributed by atoms with Gasteiger partial charge in [0.15, 0.2) is 0 Å². The minimum absolute atomic E-state index is 0.204. The summed E-state index contributed by atoms with van der Waals surface area (Å²) in [5.41, 5.74) is 6.92. The second-order valence-electron chi connectivity index (χ2n) is 7.04. The van der Waals surface area contributed by atoms with Crippen LogP contribution in [0.1, 0.15) is 23.5 Å². The quantitative estimate of drug-likeness (QED) is 0.347. The van der Waals surface area contributed by atoms with Crippen molar-refractivity contribution in [1.29, 1.82) is 5.41 Å². The molecule has 0 unspecified atom stereocenters. The molecular weight excluding hydrogens is 378 g/mol. The zero-order valence-corrected chi connectivity index (χ0v) is 16.9. The van der Waals surface area contributed by atoms with Crippen LogP contribution >= 0.6 is 0 Å². The fourth-order valence-corrected chi connectivity index (χ4v) is 3.71. The first kappa shape index (κ1) is 19.5. The maximum atomic E-state index is 11.8. The van der Waals surface area contributed by atoms with E-state index in [-0.39, 0.29) is 5.91 Å². The summed E-state index contributed by atoms with van der Waals surface area (Å²) in [4.78, 5) is 23.7. The first-order valence-electron chi connectivity index (χ1n) is 9.80. The summed E-state index contributed by atoms with van der Waals surface area (Å²) in [5, 5.41) is 14.7. The molecule has 8 heteroatoms. The first-order valence-corrected chi connectivity index (χ1v) is 9.80. The molecule has 0 fully saturated rings. The lowest BCUT2D eigenvalue weighted by Crippen LogP contribution is -2.14. The van der Waals surface area contributed by atoms with Gasteiger partial charge in [0.05, 0.1) is 5.69 Å². The van der Waals surface area contributed by atoms with Crippen LogP contribution in [0.5, 0.6) is 0 Å². The molecule has 4 rings (SSSR count). The van der Waals surface area contributed by atoms with Crippen LogP contribution < -0.4 is 10.8 Å². The average molecular weight is 401 g/mol. The van der Waals surface area contributed by atoms with Gasteiger partial charge in [-0.25, -0.2) is 4.99 Å². The molecule has 0 aliphatic carbocycles. The van der Waals surface area contributed by atoms with Gasteiger partial charge in [-0.2, -0.15) is 5.10 Å². The van der Waals surface area contributed by atoms with Crippen molar-refractivity contribution in [3.63, 3.8) is 0 Å². The Bertz CT molecular complexity index is 1220. The van der Waals surface area contributed by atoms with Gasteiger partial charge >= 0.3 is 0 Å². The van der Waals surface area contributed by atoms with E-state index in [9.17, 15) is 4.79 Å². The molecule has 0 saturated heterocycles. The second-order valence-corrected chi connectivity index (χ2v) is 7.04. The fourth-order valence-electron chi connectivity index (χ4n) is 3.71. The van der Waals surface area contributed by atoms with Gasteiger partial charge in [0.25, 0.3) is 0 Å². The van der Waals surface area contributed by atoms with Crippen molar-refractivity contribution < 1.29 is 4.79 Å². The van der Waals surface area contributed by atoms with Gasteiger partial charge in [-0.05, 0) is 50.1 Å². The predicted octanol–water partition coefficient (Wildman–Crippen LogP) is 2.46. The topological polar surface area (TPSA) is 112 Å². The summed E-state index contributed by atoms with van der Waals surface area (Å²) in [7, 11) is 1.59. The van der Waals surface area contributed by atoms with Crippen LogP contribution in [0.4, 0.5) is 0 Å². The van der Waals surface area contributed by atoms with Crippen molar-refractivity contribution in [2.75, 3.05) is 7.05 Å². The first-order chi connectivity index (χ1) is 14.6. The number of nitrogens with zero attached hydrogens (tertiary/aromatic N) is 4. The van der Waals surface area contributed by atoms with Crippen molar-refractivity contribution in [3.05, 3.63) is 59.0 Å². The number of hydrogen-bond donors (Lipinski definition) is 3. The van der Waals surface area contributed by atoms with Crippen LogP contribution in [-0.2, 0) is 17.8 Å². The second kappa shape index (κ2) is 8.28. The standard InChI is InChI=1S/C22H23N7O/c1-14-5-3-6-17(26-14)22-21(18-7-4-12-29(18)28-22)15-8-10-19(25-13-23)27-16(15)9-11-20(30)24-2/h3,5-6,8-11,13H,4,7,12H2,1-2H3,(H,24,30)(H2,23,25,27)/b11-9+. The number of nitrogens with one attached hydrogen (secondary N) is 3. The van der Waals surface area contributed by atoms with Crippen LogP contribution in [-0.4, -0.2) is 39.0 Å². The van der Waals surface area contributed by atoms with E-state index in [1.54, 1.807) is 13.1 Å². The number of aromatic nitrogens is 4. The molecule has 8 nitrogen and oxygen atoms in total. The van der Waals surface area contributed by atoms with Gasteiger partial charge in [0.1, 0.15) is 17.5 Å². The van der Waals surface area contributed by atoms with Crippen molar-refractivity contribution >= 4 is 18.3 Å². The summed E-state index contributed by atoms with van der Waals surface area (Å²) >= 11 is 0. The van der Waals surface area contributed by atoms with Gasteiger partial charge in [0, 0.05) is 47.9 Å². The monoisotopic (exact) mass is 401 g/mol. The molecule has 1 aliphatic rings. The fraction of sp³-hybridized carbons (Fsp3) is 0.227. The number of pyridine rings is 2. The van der Waals surface area contributed by atoms with Crippen molar-refractivity contribution in [2.45, 2.75) is 26.3 Å². The highest BCUT2D eigenvalue weighted by molar-refractivity contribution is 5.93. The Balaban J connectivity index is 1.96. The number of fused-ring (bicyclic) bond motifs is 1. The molecule has 4 heterocycles. The number of rotatable bonds is 5. The lowest BCUT2D eigenvalue weighted by molar-refractivity contribution is -0.115. The van der Waals surface area contributed by atoms with E-state index >= 15 is 0 Å². The highest BCUT2D eigenvalue weighted by Gasteiger charge is 2.25. The Morgan fingerprint density at radius 3 is 2.97 bits per heavy atom. The van der Waals surface area contributed by atoms with E-state index in [0.29, 0.717) is 5.49 Å². The number of hydrogen-bond acceptors (Lipinski definition) is 4. The molecule has 3 N–H and O–H groups in total. The lowest BCUT2D eigenvalue weighted by atomic mass is 9.98. The Morgan fingerprint density at radius 1 is 1.33 bits per heavy atom. The van der Waals surface area contributed by atoms with Crippen molar-refractivity contribution in [3.8, 4) is 22.5 Å². The molecule has 0 saturated carbocycles. The average Bonchev–Trinajstić information content (AvgIpc) is 3.34. The van der Waals surface area contributed by atoms with Crippen LogP contribution in [0.3, 0.4) is 0 Å². The van der Waals surface area contributed by atoms with Gasteiger partial charge in [-0.15, -0.1) is 0 Å². The van der Waals surface area contributed by atoms with E-state index in [1.165, 1.54) is 6.08 Å². The third-order valence-corrected chi connectivity index (χ3v) is 5.05. The Hall–Kier alpha value is -3.81. The van der Waals surface area contributed by atoms with Crippen LogP contribution in [0, 0.1) is 12.3 Å². The Morgan fingerprint density at radius 2 is 2.20 bits per heavy atom. The highest BCUT2D eigenvalue weighted by atomic mass is 16.1. The third kappa shape index (κ3) is 3.71. The predicted molar refractivity (Wildman–Crippen MR) is 116 cm³/mol. The summed E-state index contributed by atoms with van der Waals surface area (Å²) in [6, 6.07) is 9.70. The number of carbonyl (C=O) groups excluding carboxylic acids is 1. The minimum Gasteiger partial charge on any atom is -0.356 e. The van der Waals surface area contributed by atoms with E-state index < -0.39 is 0 Å². The lowest BCUT2D eigenvalue weighted by Gasteiger charge is -2.10. The number of aromatic amines is 1. The number of amides is 1. The largest absolute Gasteiger partial charge is 0.356 e. The maximum Gasteiger partial charge on any atom is 0.243 e. The normalized spacial score (nSPS) is 13.6. The van der Waals surface area contributed by atoms with Crippen LogP contribution in [0.15, 0.2) is 41.4 Å². The SMILES string of the molecule is CNC(=O)/C=C/c1[nH]/c(=N\C=N)ccc1-c1c(-c2cccc(C)n2)nn2c1CCC2. The summed E-state index contributed by atoms with van der Waals surface area (Å²) in [6.07, 6.45) is 6.16. The zero-order valence-electron chi connectivity index (χ0n) is 16.9. The minimum atomic E-state index is -0.204. The smallest absolute Gasteiger partial charge is 0.243 e. The van der Waals surface area contributed by atoms with Crippen LogP contribution in [0.25, 0.3) is 28.6 Å². The van der Waals surface area contributed by atoms with Gasteiger partial charge in [-0.3, -0.25) is 19.9 Å². The molecule has 0 radical (unpaired) electrons. The van der Waals surface area contributed by atoms with Crippen molar-refractivity contribution in [2.24, 2.45) is 4.99 Å². The molecule has 1 aliphatic heterocycles. The Kier molecular flexibility index (Phi) is 5.38. The third-order valence-electron chi connectivity index (χ3n) is 5.05. The van der Waals surface area contributed by atoms with E-state index in [1.807, 2.05) is 37.3 Å². The van der Waals surface area contributed by atoms with Gasteiger partial charge < -0.3 is 10.3 Å². The van der Waals surface area contributed by atoms with Gasteiger partial charge in [0.2, 0.25) is 5.91 Å². The molecule has 3 aromatic heterocycles. The summed E-state index contributed by atoms with van der Waals surface area (Å²) in [6.45, 7) is 2.84. The summed E-state index contributed by atoms with van der Waals surface area (Å²) in [5.74, 6) is -0.204. The van der Waals surface area contributed by atoms with E-state index in [4.69, 9.17) is 15.5 Å². The molecule has 0 aromatic carbocycles. The van der Waals surface area contributed by atoms with E-state index in [2.05, 4.69) is 20.0 Å². The number of carbonyl (C=O) groups is 1. The molecular formula is C22H23N7O. The Labute approximate surface area is 173 Å². The summed E-state index contributed by atoms with van der Waals surface area (Å²) < 4.78 is 2.05. The number of likely N-dealkylation sites (N-methyl/N-ethyl adjacent to an activating group) is 1. The van der Waals surface area contributed by atoms with Crippen LogP contribution in [0.2, 0.25) is 0 Å². The van der Waals surface area contributed by atoms with Crippen molar-refractivity contribution in [1.82, 2.24) is 25.1 Å². The maximum absolute atomic E-state index is 11.8. The molecule has 0 bridgehead atoms. The molecule has 30 heavy (non-hydrogen) atoms.